The number of likely N-dealkylation sites (tertiary alicyclic amines) is 1. The highest BCUT2D eigenvalue weighted by Gasteiger charge is 2.29. The Labute approximate surface area is 94.7 Å². The van der Waals surface area contributed by atoms with Gasteiger partial charge in [-0.3, -0.25) is 4.79 Å². The Hall–Kier alpha value is -1.52. The summed E-state index contributed by atoms with van der Waals surface area (Å²) in [6.07, 6.45) is 3.51. The molecule has 1 heterocycles. The van der Waals surface area contributed by atoms with E-state index >= 15 is 0 Å². The molecule has 1 atom stereocenters. The van der Waals surface area contributed by atoms with Crippen LogP contribution >= 0.6 is 0 Å². The maximum Gasteiger partial charge on any atom is 0.410 e. The minimum absolute atomic E-state index is 0.00779. The summed E-state index contributed by atoms with van der Waals surface area (Å²) in [5, 5.41) is 8.59. The highest BCUT2D eigenvalue weighted by molar-refractivity contribution is 5.69. The van der Waals surface area contributed by atoms with Crippen molar-refractivity contribution < 1.29 is 19.4 Å². The van der Waals surface area contributed by atoms with Crippen molar-refractivity contribution in [2.24, 2.45) is 0 Å². The zero-order valence-electron chi connectivity index (χ0n) is 9.22. The zero-order valence-corrected chi connectivity index (χ0v) is 9.22. The molecule has 1 aliphatic heterocycles. The van der Waals surface area contributed by atoms with Crippen molar-refractivity contribution in [3.63, 3.8) is 0 Å². The van der Waals surface area contributed by atoms with Gasteiger partial charge < -0.3 is 14.7 Å². The molecule has 90 valence electrons. The lowest BCUT2D eigenvalue weighted by atomic mass is 10.1. The molecule has 0 aliphatic carbocycles. The summed E-state index contributed by atoms with van der Waals surface area (Å²) in [7, 11) is 0. The number of carbonyl (C=O) groups is 2. The van der Waals surface area contributed by atoms with Gasteiger partial charge in [-0.15, -0.1) is 0 Å². The number of nitrogens with zero attached hydrogens (tertiary/aromatic N) is 1. The average molecular weight is 227 g/mol. The predicted molar refractivity (Wildman–Crippen MR) is 58.1 cm³/mol. The first-order valence-corrected chi connectivity index (χ1v) is 5.41. The molecule has 1 saturated heterocycles. The van der Waals surface area contributed by atoms with Crippen LogP contribution in [0.15, 0.2) is 12.7 Å². The Morgan fingerprint density at radius 3 is 2.94 bits per heavy atom. The van der Waals surface area contributed by atoms with Gasteiger partial charge in [-0.25, -0.2) is 4.79 Å². The lowest BCUT2D eigenvalue weighted by molar-refractivity contribution is -0.137. The molecule has 0 aromatic rings. The molecule has 0 aromatic carbocycles. The van der Waals surface area contributed by atoms with E-state index in [1.165, 1.54) is 6.08 Å². The fraction of sp³-hybridized carbons (Fsp3) is 0.636. The van der Waals surface area contributed by atoms with Crippen LogP contribution in [-0.4, -0.2) is 41.3 Å². The van der Waals surface area contributed by atoms with Crippen LogP contribution in [0, 0.1) is 0 Å². The van der Waals surface area contributed by atoms with Crippen molar-refractivity contribution >= 4 is 12.1 Å². The monoisotopic (exact) mass is 227 g/mol. The smallest absolute Gasteiger partial charge is 0.410 e. The van der Waals surface area contributed by atoms with Crippen molar-refractivity contribution in [3.8, 4) is 0 Å². The summed E-state index contributed by atoms with van der Waals surface area (Å²) in [6.45, 7) is 4.31. The van der Waals surface area contributed by atoms with Crippen molar-refractivity contribution in [2.45, 2.75) is 31.7 Å². The Balaban J connectivity index is 2.41. The van der Waals surface area contributed by atoms with E-state index in [9.17, 15) is 9.59 Å². The molecule has 1 aliphatic rings. The summed E-state index contributed by atoms with van der Waals surface area (Å²) in [5.74, 6) is -0.827. The van der Waals surface area contributed by atoms with Crippen molar-refractivity contribution in [1.82, 2.24) is 4.90 Å². The largest absolute Gasteiger partial charge is 0.481 e. The van der Waals surface area contributed by atoms with Crippen molar-refractivity contribution in [1.29, 1.82) is 0 Å². The number of rotatable bonds is 5. The summed E-state index contributed by atoms with van der Waals surface area (Å²) in [6, 6.07) is 0.00779. The fourth-order valence-corrected chi connectivity index (χ4v) is 1.88. The van der Waals surface area contributed by atoms with E-state index in [0.29, 0.717) is 13.0 Å². The molecule has 1 N–H and O–H groups in total. The van der Waals surface area contributed by atoms with E-state index in [2.05, 4.69) is 6.58 Å². The summed E-state index contributed by atoms with van der Waals surface area (Å²) in [5.41, 5.74) is 0. The number of carboxylic acid groups (broad SMARTS) is 1. The highest BCUT2D eigenvalue weighted by Crippen LogP contribution is 2.22. The van der Waals surface area contributed by atoms with Gasteiger partial charge >= 0.3 is 12.1 Å². The van der Waals surface area contributed by atoms with Gasteiger partial charge in [0.2, 0.25) is 0 Å². The quantitative estimate of drug-likeness (QED) is 0.725. The van der Waals surface area contributed by atoms with Crippen LogP contribution in [0.5, 0.6) is 0 Å². The van der Waals surface area contributed by atoms with E-state index in [1.54, 1.807) is 4.90 Å². The normalized spacial score (nSPS) is 19.5. The third-order valence-electron chi connectivity index (χ3n) is 2.63. The van der Waals surface area contributed by atoms with Crippen LogP contribution in [0.2, 0.25) is 0 Å². The van der Waals surface area contributed by atoms with E-state index in [-0.39, 0.29) is 25.2 Å². The Kier molecular flexibility index (Phi) is 4.82. The summed E-state index contributed by atoms with van der Waals surface area (Å²) < 4.78 is 4.93. The number of ether oxygens (including phenoxy) is 1. The standard InChI is InChI=1S/C11H17NO4/c1-2-8-16-11(15)12-7-3-4-9(12)5-6-10(13)14/h2,9H,1,3-8H2,(H,13,14)/t9-/m0/s1. The van der Waals surface area contributed by atoms with Crippen LogP contribution in [-0.2, 0) is 9.53 Å². The molecular formula is C11H17NO4. The van der Waals surface area contributed by atoms with Gasteiger partial charge in [-0.05, 0) is 19.3 Å². The molecular weight excluding hydrogens is 210 g/mol. The van der Waals surface area contributed by atoms with Crippen LogP contribution < -0.4 is 0 Å². The van der Waals surface area contributed by atoms with Crippen molar-refractivity contribution in [3.05, 3.63) is 12.7 Å². The predicted octanol–water partition coefficient (Wildman–Crippen LogP) is 1.64. The van der Waals surface area contributed by atoms with E-state index in [1.807, 2.05) is 0 Å². The maximum atomic E-state index is 11.6. The number of hydrogen-bond donors (Lipinski definition) is 1. The molecule has 16 heavy (non-hydrogen) atoms. The minimum atomic E-state index is -0.827. The van der Waals surface area contributed by atoms with Gasteiger partial charge in [0.1, 0.15) is 6.61 Å². The number of hydrogen-bond acceptors (Lipinski definition) is 3. The zero-order chi connectivity index (χ0) is 12.0. The molecule has 0 spiro atoms. The first-order valence-electron chi connectivity index (χ1n) is 5.41. The van der Waals surface area contributed by atoms with Gasteiger partial charge in [0.15, 0.2) is 0 Å². The first kappa shape index (κ1) is 12.5. The number of amides is 1. The molecule has 5 heteroatoms. The summed E-state index contributed by atoms with van der Waals surface area (Å²) >= 11 is 0. The molecule has 0 bridgehead atoms. The first-order chi connectivity index (χ1) is 7.65. The topological polar surface area (TPSA) is 66.8 Å². The molecule has 0 unspecified atom stereocenters. The second kappa shape index (κ2) is 6.15. The Morgan fingerprint density at radius 2 is 2.31 bits per heavy atom. The lowest BCUT2D eigenvalue weighted by Crippen LogP contribution is -2.36. The molecule has 1 rings (SSSR count). The van der Waals surface area contributed by atoms with E-state index < -0.39 is 5.97 Å². The second-order valence-electron chi connectivity index (χ2n) is 3.79. The summed E-state index contributed by atoms with van der Waals surface area (Å²) in [4.78, 5) is 23.6. The average Bonchev–Trinajstić information content (AvgIpc) is 2.71. The Morgan fingerprint density at radius 1 is 1.56 bits per heavy atom. The highest BCUT2D eigenvalue weighted by atomic mass is 16.6. The second-order valence-corrected chi connectivity index (χ2v) is 3.79. The number of carbonyl (C=O) groups excluding carboxylic acids is 1. The van der Waals surface area contributed by atoms with Gasteiger partial charge in [0, 0.05) is 19.0 Å². The third kappa shape index (κ3) is 3.56. The fourth-order valence-electron chi connectivity index (χ4n) is 1.88. The molecule has 1 amide bonds. The van der Waals surface area contributed by atoms with Crippen LogP contribution in [0.25, 0.3) is 0 Å². The van der Waals surface area contributed by atoms with Gasteiger partial charge in [0.05, 0.1) is 0 Å². The number of aliphatic carboxylic acids is 1. The van der Waals surface area contributed by atoms with Crippen LogP contribution in [0.4, 0.5) is 4.79 Å². The lowest BCUT2D eigenvalue weighted by Gasteiger charge is -2.23. The number of carboxylic acids is 1. The molecule has 0 saturated carbocycles. The minimum Gasteiger partial charge on any atom is -0.481 e. The Bertz CT molecular complexity index is 277. The molecule has 1 fully saturated rings. The van der Waals surface area contributed by atoms with Gasteiger partial charge in [-0.1, -0.05) is 12.7 Å². The molecule has 5 nitrogen and oxygen atoms in total. The van der Waals surface area contributed by atoms with Crippen LogP contribution in [0.1, 0.15) is 25.7 Å². The molecule has 0 radical (unpaired) electrons. The van der Waals surface area contributed by atoms with E-state index in [0.717, 1.165) is 12.8 Å². The SMILES string of the molecule is C=CCOC(=O)N1CCC[C@H]1CCC(=O)O. The maximum absolute atomic E-state index is 11.6. The van der Waals surface area contributed by atoms with Gasteiger partial charge in [0.25, 0.3) is 0 Å². The van der Waals surface area contributed by atoms with E-state index in [4.69, 9.17) is 9.84 Å². The third-order valence-corrected chi connectivity index (χ3v) is 2.63. The molecule has 0 aromatic heterocycles. The van der Waals surface area contributed by atoms with Gasteiger partial charge in [-0.2, -0.15) is 0 Å². The van der Waals surface area contributed by atoms with Crippen molar-refractivity contribution in [2.75, 3.05) is 13.2 Å². The van der Waals surface area contributed by atoms with Crippen LogP contribution in [0.3, 0.4) is 0 Å².